The largest absolute Gasteiger partial charge is 0.369 e. The van der Waals surface area contributed by atoms with Gasteiger partial charge in [0.15, 0.2) is 5.82 Å². The number of hydrogen-bond donors (Lipinski definition) is 1. The highest BCUT2D eigenvalue weighted by molar-refractivity contribution is 9.10. The minimum absolute atomic E-state index is 0.605. The third kappa shape index (κ3) is 3.29. The summed E-state index contributed by atoms with van der Waals surface area (Å²) in [6.07, 6.45) is 4.64. The lowest BCUT2D eigenvalue weighted by Crippen LogP contribution is -2.06. The first kappa shape index (κ1) is 15.0. The van der Waals surface area contributed by atoms with Crippen molar-refractivity contribution in [2.75, 3.05) is 11.9 Å². The fourth-order valence-electron chi connectivity index (χ4n) is 2.25. The normalized spacial score (nSPS) is 14.4. The third-order valence-corrected chi connectivity index (χ3v) is 5.62. The molecule has 2 aromatic heterocycles. The van der Waals surface area contributed by atoms with E-state index in [2.05, 4.69) is 47.2 Å². The summed E-state index contributed by atoms with van der Waals surface area (Å²) in [4.78, 5) is 12.1. The Morgan fingerprint density at radius 3 is 2.71 bits per heavy atom. The number of thiophene rings is 1. The highest BCUT2D eigenvalue weighted by Crippen LogP contribution is 2.44. The summed E-state index contributed by atoms with van der Waals surface area (Å²) in [6.45, 7) is 5.28. The van der Waals surface area contributed by atoms with Gasteiger partial charge in [0.25, 0.3) is 0 Å². The quantitative estimate of drug-likeness (QED) is 0.761. The molecule has 0 radical (unpaired) electrons. The van der Waals surface area contributed by atoms with Crippen LogP contribution in [0.1, 0.15) is 49.6 Å². The van der Waals surface area contributed by atoms with Gasteiger partial charge in [-0.15, -0.1) is 11.3 Å². The predicted molar refractivity (Wildman–Crippen MR) is 93.2 cm³/mol. The lowest BCUT2D eigenvalue weighted by atomic mass is 10.2. The molecular formula is C16H20BrN3S. The lowest BCUT2D eigenvalue weighted by molar-refractivity contribution is 0.941. The standard InChI is InChI=1S/C16H20BrN3S/c1-3-9-18-16-13(17)14(10-5-6-10)19-15(20-16)12-8-7-11(4-2)21-12/h7-8,10H,3-6,9H2,1-2H3,(H,18,19,20). The number of hydrogen-bond acceptors (Lipinski definition) is 4. The molecule has 3 nitrogen and oxygen atoms in total. The van der Waals surface area contributed by atoms with Crippen LogP contribution in [0.3, 0.4) is 0 Å². The highest BCUT2D eigenvalue weighted by Gasteiger charge is 2.29. The minimum atomic E-state index is 0.605. The molecule has 21 heavy (non-hydrogen) atoms. The Bertz CT molecular complexity index is 634. The summed E-state index contributed by atoms with van der Waals surface area (Å²) in [5.74, 6) is 2.41. The van der Waals surface area contributed by atoms with Gasteiger partial charge in [0.05, 0.1) is 15.0 Å². The van der Waals surface area contributed by atoms with Crippen molar-refractivity contribution in [1.29, 1.82) is 0 Å². The van der Waals surface area contributed by atoms with E-state index in [1.54, 1.807) is 11.3 Å². The third-order valence-electron chi connectivity index (χ3n) is 3.61. The number of anilines is 1. The molecular weight excluding hydrogens is 346 g/mol. The maximum atomic E-state index is 4.83. The van der Waals surface area contributed by atoms with E-state index in [1.165, 1.54) is 28.3 Å². The second-order valence-corrected chi connectivity index (χ2v) is 7.38. The molecule has 0 spiro atoms. The van der Waals surface area contributed by atoms with E-state index in [-0.39, 0.29) is 0 Å². The van der Waals surface area contributed by atoms with Crippen molar-refractivity contribution in [2.45, 2.75) is 45.4 Å². The molecule has 1 aliphatic rings. The van der Waals surface area contributed by atoms with Gasteiger partial charge in [0.1, 0.15) is 5.82 Å². The molecule has 0 amide bonds. The average molecular weight is 366 g/mol. The van der Waals surface area contributed by atoms with Crippen molar-refractivity contribution < 1.29 is 0 Å². The van der Waals surface area contributed by atoms with Crippen molar-refractivity contribution in [1.82, 2.24) is 9.97 Å². The van der Waals surface area contributed by atoms with Gasteiger partial charge in [-0.25, -0.2) is 9.97 Å². The van der Waals surface area contributed by atoms with E-state index in [4.69, 9.17) is 9.97 Å². The second kappa shape index (κ2) is 6.44. The monoisotopic (exact) mass is 365 g/mol. The van der Waals surface area contributed by atoms with Crippen molar-refractivity contribution in [3.63, 3.8) is 0 Å². The molecule has 1 saturated carbocycles. The molecule has 3 rings (SSSR count). The Morgan fingerprint density at radius 1 is 1.29 bits per heavy atom. The summed E-state index contributed by atoms with van der Waals surface area (Å²) in [5, 5.41) is 3.42. The van der Waals surface area contributed by atoms with Gasteiger partial charge >= 0.3 is 0 Å². The van der Waals surface area contributed by atoms with Crippen molar-refractivity contribution in [3.8, 4) is 10.7 Å². The van der Waals surface area contributed by atoms with Crippen LogP contribution in [0.25, 0.3) is 10.7 Å². The average Bonchev–Trinajstić information content (AvgIpc) is 3.23. The van der Waals surface area contributed by atoms with Gasteiger partial charge in [-0.1, -0.05) is 13.8 Å². The highest BCUT2D eigenvalue weighted by atomic mass is 79.9. The van der Waals surface area contributed by atoms with Crippen LogP contribution < -0.4 is 5.32 Å². The maximum absolute atomic E-state index is 4.83. The molecule has 0 unspecified atom stereocenters. The minimum Gasteiger partial charge on any atom is -0.369 e. The van der Waals surface area contributed by atoms with E-state index < -0.39 is 0 Å². The van der Waals surface area contributed by atoms with E-state index in [0.717, 1.165) is 35.5 Å². The summed E-state index contributed by atoms with van der Waals surface area (Å²) >= 11 is 5.49. The number of aromatic nitrogens is 2. The van der Waals surface area contributed by atoms with Crippen LogP contribution in [0.5, 0.6) is 0 Å². The zero-order valence-electron chi connectivity index (χ0n) is 12.4. The van der Waals surface area contributed by atoms with Gasteiger partial charge in [-0.2, -0.15) is 0 Å². The van der Waals surface area contributed by atoms with Crippen LogP contribution in [0, 0.1) is 0 Å². The van der Waals surface area contributed by atoms with Crippen LogP contribution in [0.2, 0.25) is 0 Å². The molecule has 2 heterocycles. The number of nitrogens with one attached hydrogen (secondary N) is 1. The molecule has 0 aliphatic heterocycles. The van der Waals surface area contributed by atoms with Crippen molar-refractivity contribution >= 4 is 33.1 Å². The summed E-state index contributed by atoms with van der Waals surface area (Å²) < 4.78 is 1.05. The molecule has 0 aromatic carbocycles. The Kier molecular flexibility index (Phi) is 4.60. The summed E-state index contributed by atoms with van der Waals surface area (Å²) in [7, 11) is 0. The van der Waals surface area contributed by atoms with E-state index >= 15 is 0 Å². The number of aryl methyl sites for hydroxylation is 1. The number of halogens is 1. The number of rotatable bonds is 6. The Balaban J connectivity index is 2.00. The fraction of sp³-hybridized carbons (Fsp3) is 0.500. The Hall–Kier alpha value is -0.940. The first-order valence-corrected chi connectivity index (χ1v) is 9.24. The summed E-state index contributed by atoms with van der Waals surface area (Å²) in [5.41, 5.74) is 1.17. The van der Waals surface area contributed by atoms with Crippen LogP contribution in [0.15, 0.2) is 16.6 Å². The molecule has 1 N–H and O–H groups in total. The van der Waals surface area contributed by atoms with E-state index in [9.17, 15) is 0 Å². The Morgan fingerprint density at radius 2 is 2.10 bits per heavy atom. The van der Waals surface area contributed by atoms with Crippen LogP contribution in [0.4, 0.5) is 5.82 Å². The van der Waals surface area contributed by atoms with Crippen molar-refractivity contribution in [3.05, 3.63) is 27.2 Å². The van der Waals surface area contributed by atoms with Gasteiger partial charge in [0, 0.05) is 17.3 Å². The first-order chi connectivity index (χ1) is 10.2. The molecule has 1 aliphatic carbocycles. The second-order valence-electron chi connectivity index (χ2n) is 5.42. The smallest absolute Gasteiger partial charge is 0.171 e. The van der Waals surface area contributed by atoms with Crippen LogP contribution in [-0.4, -0.2) is 16.5 Å². The van der Waals surface area contributed by atoms with Gasteiger partial charge in [-0.3, -0.25) is 0 Å². The zero-order chi connectivity index (χ0) is 14.8. The Labute approximate surface area is 138 Å². The molecule has 2 aromatic rings. The SMILES string of the molecule is CCCNc1nc(-c2ccc(CC)s2)nc(C2CC2)c1Br. The molecule has 112 valence electrons. The molecule has 0 saturated heterocycles. The van der Waals surface area contributed by atoms with Crippen LogP contribution >= 0.6 is 27.3 Å². The predicted octanol–water partition coefficient (Wildman–Crippen LogP) is 5.23. The van der Waals surface area contributed by atoms with Gasteiger partial charge in [-0.05, 0) is 53.7 Å². The molecule has 0 atom stereocenters. The van der Waals surface area contributed by atoms with E-state index in [1.807, 2.05) is 0 Å². The molecule has 5 heteroatoms. The molecule has 1 fully saturated rings. The first-order valence-electron chi connectivity index (χ1n) is 7.63. The lowest BCUT2D eigenvalue weighted by Gasteiger charge is -2.11. The summed E-state index contributed by atoms with van der Waals surface area (Å²) in [6, 6.07) is 4.33. The van der Waals surface area contributed by atoms with Crippen molar-refractivity contribution in [2.24, 2.45) is 0 Å². The van der Waals surface area contributed by atoms with Gasteiger partial charge in [0.2, 0.25) is 0 Å². The number of nitrogens with zero attached hydrogens (tertiary/aromatic N) is 2. The maximum Gasteiger partial charge on any atom is 0.171 e. The van der Waals surface area contributed by atoms with Crippen LogP contribution in [-0.2, 0) is 6.42 Å². The fourth-order valence-corrected chi connectivity index (χ4v) is 3.77. The van der Waals surface area contributed by atoms with E-state index in [0.29, 0.717) is 5.92 Å². The topological polar surface area (TPSA) is 37.8 Å². The zero-order valence-corrected chi connectivity index (χ0v) is 14.9. The van der Waals surface area contributed by atoms with Gasteiger partial charge < -0.3 is 5.32 Å². The molecule has 0 bridgehead atoms.